The van der Waals surface area contributed by atoms with Gasteiger partial charge in [-0.25, -0.2) is 19.2 Å². The van der Waals surface area contributed by atoms with Crippen molar-refractivity contribution in [3.63, 3.8) is 0 Å². The van der Waals surface area contributed by atoms with E-state index in [0.717, 1.165) is 5.56 Å². The number of carbonyl (C=O) groups excluding carboxylic acids is 1. The van der Waals surface area contributed by atoms with Crippen molar-refractivity contribution in [1.82, 2.24) is 0 Å². The number of aliphatic carboxylic acids is 3. The first-order valence-electron chi connectivity index (χ1n) is 15.6. The highest BCUT2D eigenvalue weighted by molar-refractivity contribution is 6.43. The van der Waals surface area contributed by atoms with Crippen molar-refractivity contribution < 1.29 is 58.2 Å². The molecule has 0 aliphatic rings. The molecule has 0 saturated carbocycles. The second-order valence-electron chi connectivity index (χ2n) is 10.9. The maximum absolute atomic E-state index is 11.5. The normalized spacial score (nSPS) is 10.1. The number of carboxylic acid groups (broad SMARTS) is 3. The molecule has 0 radical (unpaired) electrons. The van der Waals surface area contributed by atoms with Crippen LogP contribution in [0.1, 0.15) is 26.3 Å². The van der Waals surface area contributed by atoms with Crippen molar-refractivity contribution in [3.8, 4) is 23.0 Å². The number of hydrogen-bond donors (Lipinski definition) is 3. The molecule has 0 spiro atoms. The van der Waals surface area contributed by atoms with E-state index in [1.54, 1.807) is 57.2 Å². The first-order valence-corrected chi connectivity index (χ1v) is 17.8. The van der Waals surface area contributed by atoms with Crippen LogP contribution in [0.15, 0.2) is 78.9 Å². The second kappa shape index (κ2) is 25.0. The maximum Gasteiger partial charge on any atom is 0.349 e. The third-order valence-corrected chi connectivity index (χ3v) is 7.73. The van der Waals surface area contributed by atoms with Gasteiger partial charge in [-0.2, -0.15) is 0 Å². The van der Waals surface area contributed by atoms with Gasteiger partial charge in [0.1, 0.15) is 23.0 Å². The Morgan fingerprint density at radius 2 is 1.04 bits per heavy atom. The summed E-state index contributed by atoms with van der Waals surface area (Å²) in [6.07, 6.45) is 0. The van der Waals surface area contributed by atoms with Crippen LogP contribution in [0.3, 0.4) is 0 Å². The number of benzene rings is 4. The number of halogens is 6. The summed E-state index contributed by atoms with van der Waals surface area (Å²) in [5.74, 6) is -1.76. The summed E-state index contributed by atoms with van der Waals surface area (Å²) in [6.45, 7) is 6.11. The number of rotatable bonds is 13. The number of esters is 1. The molecule has 4 aromatic rings. The van der Waals surface area contributed by atoms with Gasteiger partial charge in [0.05, 0.1) is 26.7 Å². The van der Waals surface area contributed by atoms with Crippen LogP contribution < -0.4 is 18.9 Å². The molecule has 4 aromatic carbocycles. The monoisotopic (exact) mass is 882 g/mol. The molecular formula is C37H36Cl6O12. The molecule has 0 aliphatic carbocycles. The lowest BCUT2D eigenvalue weighted by Crippen LogP contribution is -2.39. The Morgan fingerprint density at radius 3 is 1.53 bits per heavy atom. The van der Waals surface area contributed by atoms with Gasteiger partial charge in [-0.05, 0) is 87.9 Å². The highest BCUT2D eigenvalue weighted by Crippen LogP contribution is 2.34. The Hall–Kier alpha value is -4.30. The van der Waals surface area contributed by atoms with Gasteiger partial charge in [-0.1, -0.05) is 87.8 Å². The fourth-order valence-electron chi connectivity index (χ4n) is 3.53. The Bertz CT molecular complexity index is 1810. The highest BCUT2D eigenvalue weighted by atomic mass is 35.5. The number of ether oxygens (including phenoxy) is 5. The molecule has 55 heavy (non-hydrogen) atoms. The number of carboxylic acids is 3. The summed E-state index contributed by atoms with van der Waals surface area (Å²) in [7, 11) is 0. The SMILES string of the molecule is CCOC(=O)C(C)(C)Oc1ccccc1.Cc1cc(Cl)ccc1OCC(=O)O.O=C(O)COc1cc(Cl)c(Cl)cc1Cl.O=C(O)COc1ccc(Cl)cc1Cl. The Labute approximate surface area is 347 Å². The predicted molar refractivity (Wildman–Crippen MR) is 211 cm³/mol. The average Bonchev–Trinajstić information content (AvgIpc) is 3.09. The molecule has 0 aromatic heterocycles. The number of carbonyl (C=O) groups is 4. The molecule has 0 amide bonds. The molecule has 0 fully saturated rings. The summed E-state index contributed by atoms with van der Waals surface area (Å²) >= 11 is 34.1. The molecule has 0 aliphatic heterocycles. The van der Waals surface area contributed by atoms with E-state index in [1.165, 1.54) is 24.3 Å². The van der Waals surface area contributed by atoms with E-state index < -0.39 is 36.7 Å². The van der Waals surface area contributed by atoms with Crippen LogP contribution in [0, 0.1) is 6.92 Å². The molecule has 12 nitrogen and oxygen atoms in total. The van der Waals surface area contributed by atoms with Gasteiger partial charge >= 0.3 is 23.9 Å². The summed E-state index contributed by atoms with van der Waals surface area (Å²) in [5.41, 5.74) is -0.120. The molecule has 4 rings (SSSR count). The van der Waals surface area contributed by atoms with Crippen LogP contribution >= 0.6 is 69.6 Å². The Morgan fingerprint density at radius 1 is 0.582 bits per heavy atom. The van der Waals surface area contributed by atoms with Crippen LogP contribution in [-0.4, -0.2) is 71.2 Å². The quantitative estimate of drug-likeness (QED) is 0.0857. The fourth-order valence-corrected chi connectivity index (χ4v) is 4.81. The van der Waals surface area contributed by atoms with Crippen LogP contribution in [0.4, 0.5) is 0 Å². The van der Waals surface area contributed by atoms with Crippen molar-refractivity contribution in [2.24, 2.45) is 0 Å². The number of para-hydroxylation sites is 1. The van der Waals surface area contributed by atoms with Gasteiger partial charge < -0.3 is 39.0 Å². The molecular weight excluding hydrogens is 849 g/mol. The van der Waals surface area contributed by atoms with Crippen molar-refractivity contribution in [2.45, 2.75) is 33.3 Å². The van der Waals surface area contributed by atoms with Gasteiger partial charge in [0.15, 0.2) is 25.4 Å². The highest BCUT2D eigenvalue weighted by Gasteiger charge is 2.31. The molecule has 298 valence electrons. The fraction of sp³-hybridized carbons (Fsp3) is 0.243. The predicted octanol–water partition coefficient (Wildman–Crippen LogP) is 10.1. The summed E-state index contributed by atoms with van der Waals surface area (Å²) in [5, 5.41) is 27.2. The van der Waals surface area contributed by atoms with Crippen molar-refractivity contribution in [3.05, 3.63) is 115 Å². The van der Waals surface area contributed by atoms with E-state index >= 15 is 0 Å². The van der Waals surface area contributed by atoms with Crippen LogP contribution in [0.5, 0.6) is 23.0 Å². The summed E-state index contributed by atoms with van der Waals surface area (Å²) in [4.78, 5) is 42.1. The molecule has 0 saturated heterocycles. The Kier molecular flexibility index (Phi) is 22.1. The smallest absolute Gasteiger partial charge is 0.349 e. The van der Waals surface area contributed by atoms with E-state index in [4.69, 9.17) is 109 Å². The van der Waals surface area contributed by atoms with Gasteiger partial charge in [-0.15, -0.1) is 0 Å². The van der Waals surface area contributed by atoms with E-state index in [-0.39, 0.29) is 28.4 Å². The third kappa shape index (κ3) is 20.3. The van der Waals surface area contributed by atoms with Crippen molar-refractivity contribution in [1.29, 1.82) is 0 Å². The Balaban J connectivity index is 0.000000367. The lowest BCUT2D eigenvalue weighted by Gasteiger charge is -2.23. The first-order chi connectivity index (χ1) is 25.7. The topological polar surface area (TPSA) is 175 Å². The zero-order valence-corrected chi connectivity index (χ0v) is 34.2. The van der Waals surface area contributed by atoms with Gasteiger partial charge in [0.2, 0.25) is 0 Å². The minimum Gasteiger partial charge on any atom is -0.482 e. The van der Waals surface area contributed by atoms with E-state index in [9.17, 15) is 19.2 Å². The standard InChI is InChI=1S/C12H16O3.C9H9ClO3.C8H5Cl3O3.C8H6Cl2O3/c1-4-14-11(13)12(2,3)15-10-8-6-5-7-9-10;1-6-4-7(10)2-3-8(6)13-5-9(11)12;9-4-1-6(11)7(2-5(4)10)14-3-8(12)13;9-5-1-2-7(6(10)3-5)13-4-8(11)12/h5-9H,4H2,1-3H3;2-4H,5H2,1H3,(H,11,12);1-2H,3H2,(H,12,13);1-3H,4H2,(H,11,12). The van der Waals surface area contributed by atoms with E-state index in [0.29, 0.717) is 43.9 Å². The molecule has 0 atom stereocenters. The van der Waals surface area contributed by atoms with Gasteiger partial charge in [-0.3, -0.25) is 0 Å². The largest absolute Gasteiger partial charge is 0.482 e. The molecule has 3 N–H and O–H groups in total. The van der Waals surface area contributed by atoms with Gasteiger partial charge in [0, 0.05) is 16.1 Å². The maximum atomic E-state index is 11.5. The zero-order valence-electron chi connectivity index (χ0n) is 29.6. The zero-order chi connectivity index (χ0) is 41.7. The van der Waals surface area contributed by atoms with E-state index in [2.05, 4.69) is 0 Å². The van der Waals surface area contributed by atoms with E-state index in [1.807, 2.05) is 25.1 Å². The number of hydrogen-bond acceptors (Lipinski definition) is 9. The second-order valence-corrected chi connectivity index (χ2v) is 13.4. The van der Waals surface area contributed by atoms with Crippen LogP contribution in [0.2, 0.25) is 30.1 Å². The van der Waals surface area contributed by atoms with Crippen LogP contribution in [0.25, 0.3) is 0 Å². The lowest BCUT2D eigenvalue weighted by molar-refractivity contribution is -0.158. The molecule has 0 unspecified atom stereocenters. The third-order valence-electron chi connectivity index (χ3n) is 5.94. The number of aryl methyl sites for hydroxylation is 1. The van der Waals surface area contributed by atoms with Gasteiger partial charge in [0.25, 0.3) is 0 Å². The van der Waals surface area contributed by atoms with Crippen molar-refractivity contribution in [2.75, 3.05) is 26.4 Å². The molecule has 0 heterocycles. The minimum atomic E-state index is -1.09. The average molecular weight is 885 g/mol. The van der Waals surface area contributed by atoms with Crippen LogP contribution in [-0.2, 0) is 23.9 Å². The summed E-state index contributed by atoms with van der Waals surface area (Å²) in [6, 6.07) is 21.6. The molecule has 18 heteroatoms. The lowest BCUT2D eigenvalue weighted by atomic mass is 10.1. The van der Waals surface area contributed by atoms with Crippen molar-refractivity contribution >= 4 is 93.5 Å². The minimum absolute atomic E-state index is 0.198. The summed E-state index contributed by atoms with van der Waals surface area (Å²) < 4.78 is 25.2. The molecule has 0 bridgehead atoms. The first kappa shape index (κ1) is 48.7.